The number of piperidine rings is 1. The van der Waals surface area contributed by atoms with E-state index in [9.17, 15) is 0 Å². The zero-order chi connectivity index (χ0) is 23.3. The lowest BCUT2D eigenvalue weighted by molar-refractivity contribution is 0.0389. The number of morpholine rings is 1. The van der Waals surface area contributed by atoms with Gasteiger partial charge in [-0.15, -0.1) is 0 Å². The number of nitrogens with one attached hydrogen (secondary N) is 2. The first-order chi connectivity index (χ1) is 16.6. The Balaban J connectivity index is 1.29. The van der Waals surface area contributed by atoms with Crippen molar-refractivity contribution in [2.24, 2.45) is 5.92 Å². The van der Waals surface area contributed by atoms with Gasteiger partial charge in [0.25, 0.3) is 0 Å². The molecule has 3 aliphatic rings. The molecule has 2 N–H and O–H groups in total. The molecule has 0 unspecified atom stereocenters. The summed E-state index contributed by atoms with van der Waals surface area (Å²) in [6, 6.07) is 10.8. The molecule has 0 bridgehead atoms. The summed E-state index contributed by atoms with van der Waals surface area (Å²) in [6.45, 7) is 11.4. The molecule has 1 aromatic carbocycles. The molecule has 9 heteroatoms. The van der Waals surface area contributed by atoms with Crippen molar-refractivity contribution in [2.45, 2.75) is 32.9 Å². The highest BCUT2D eigenvalue weighted by Crippen LogP contribution is 2.31. The van der Waals surface area contributed by atoms with Crippen LogP contribution in [0.4, 0.5) is 17.6 Å². The van der Waals surface area contributed by atoms with Crippen LogP contribution in [0, 0.1) is 5.92 Å². The molecule has 5 rings (SSSR count). The highest BCUT2D eigenvalue weighted by Gasteiger charge is 2.24. The molecule has 0 aliphatic carbocycles. The third kappa shape index (κ3) is 5.76. The topological polar surface area (TPSA) is 68.8 Å². The third-order valence-corrected chi connectivity index (χ3v) is 7.13. The number of fused-ring (bicyclic) bond motifs is 1. The molecule has 2 saturated heterocycles. The highest BCUT2D eigenvalue weighted by molar-refractivity contribution is 7.80. The van der Waals surface area contributed by atoms with E-state index in [0.29, 0.717) is 17.0 Å². The van der Waals surface area contributed by atoms with Crippen molar-refractivity contribution in [3.8, 4) is 0 Å². The Kier molecular flexibility index (Phi) is 7.42. The predicted molar refractivity (Wildman–Crippen MR) is 140 cm³/mol. The fourth-order valence-electron chi connectivity index (χ4n) is 4.99. The number of aromatic nitrogens is 2. The van der Waals surface area contributed by atoms with Gasteiger partial charge < -0.3 is 25.2 Å². The summed E-state index contributed by atoms with van der Waals surface area (Å²) in [4.78, 5) is 16.8. The van der Waals surface area contributed by atoms with Gasteiger partial charge in [-0.2, -0.15) is 9.97 Å². The molecule has 2 fully saturated rings. The first kappa shape index (κ1) is 23.3. The van der Waals surface area contributed by atoms with E-state index in [2.05, 4.69) is 62.6 Å². The third-order valence-electron chi connectivity index (χ3n) is 6.89. The second kappa shape index (κ2) is 10.8. The summed E-state index contributed by atoms with van der Waals surface area (Å²) in [5.74, 6) is 3.15. The minimum atomic E-state index is 0.561. The Bertz CT molecular complexity index is 972. The summed E-state index contributed by atoms with van der Waals surface area (Å²) in [7, 11) is 0. The first-order valence-electron chi connectivity index (χ1n) is 12.4. The molecule has 182 valence electrons. The number of anilines is 3. The van der Waals surface area contributed by atoms with Crippen LogP contribution in [0.2, 0.25) is 0 Å². The highest BCUT2D eigenvalue weighted by atomic mass is 32.1. The van der Waals surface area contributed by atoms with Gasteiger partial charge in [-0.3, -0.25) is 4.90 Å². The maximum absolute atomic E-state index is 5.58. The maximum atomic E-state index is 5.58. The van der Waals surface area contributed by atoms with E-state index in [-0.39, 0.29) is 0 Å². The van der Waals surface area contributed by atoms with Gasteiger partial charge in [-0.25, -0.2) is 0 Å². The Morgan fingerprint density at radius 3 is 2.47 bits per heavy atom. The van der Waals surface area contributed by atoms with Gasteiger partial charge in [0.1, 0.15) is 11.6 Å². The lowest BCUT2D eigenvalue weighted by atomic mass is 10.0. The molecule has 34 heavy (non-hydrogen) atoms. The monoisotopic (exact) mass is 481 g/mol. The van der Waals surface area contributed by atoms with Gasteiger partial charge in [-0.1, -0.05) is 31.2 Å². The lowest BCUT2D eigenvalue weighted by Gasteiger charge is -2.32. The number of thiocarbonyl (C=S) groups is 1. The zero-order valence-corrected chi connectivity index (χ0v) is 20.8. The van der Waals surface area contributed by atoms with Crippen LogP contribution >= 0.6 is 12.2 Å². The van der Waals surface area contributed by atoms with Crippen molar-refractivity contribution in [1.82, 2.24) is 20.2 Å². The summed E-state index contributed by atoms with van der Waals surface area (Å²) in [5, 5.41) is 7.14. The minimum Gasteiger partial charge on any atom is -0.379 e. The average Bonchev–Trinajstić information content (AvgIpc) is 3.29. The van der Waals surface area contributed by atoms with E-state index in [1.54, 1.807) is 0 Å². The van der Waals surface area contributed by atoms with Crippen LogP contribution in [0.1, 0.15) is 30.9 Å². The molecule has 0 radical (unpaired) electrons. The number of hydrogen-bond acceptors (Lipinski definition) is 7. The van der Waals surface area contributed by atoms with Crippen molar-refractivity contribution in [3.05, 3.63) is 41.5 Å². The van der Waals surface area contributed by atoms with Crippen molar-refractivity contribution in [2.75, 3.05) is 67.6 Å². The van der Waals surface area contributed by atoms with Gasteiger partial charge in [0.15, 0.2) is 5.11 Å². The number of hydrogen-bond donors (Lipinski definition) is 2. The molecule has 2 aromatic rings. The molecule has 1 atom stereocenters. The Labute approximate surface area is 207 Å². The molecule has 0 amide bonds. The van der Waals surface area contributed by atoms with Crippen LogP contribution in [0.5, 0.6) is 0 Å². The Morgan fingerprint density at radius 2 is 1.76 bits per heavy atom. The minimum absolute atomic E-state index is 0.561. The Morgan fingerprint density at radius 1 is 1.06 bits per heavy atom. The maximum Gasteiger partial charge on any atom is 0.232 e. The van der Waals surface area contributed by atoms with Gasteiger partial charge in [-0.05, 0) is 42.1 Å². The lowest BCUT2D eigenvalue weighted by Crippen LogP contribution is -2.42. The molecule has 0 saturated carbocycles. The van der Waals surface area contributed by atoms with E-state index in [4.69, 9.17) is 26.9 Å². The number of rotatable bonds is 6. The van der Waals surface area contributed by atoms with Crippen LogP contribution in [0.25, 0.3) is 0 Å². The number of nitrogens with zero attached hydrogens (tertiary/aromatic N) is 5. The summed E-state index contributed by atoms with van der Waals surface area (Å²) < 4.78 is 5.42. The van der Waals surface area contributed by atoms with E-state index < -0.39 is 0 Å². The second-order valence-electron chi connectivity index (χ2n) is 9.56. The van der Waals surface area contributed by atoms with Crippen molar-refractivity contribution in [1.29, 1.82) is 0 Å². The summed E-state index contributed by atoms with van der Waals surface area (Å²) in [6.07, 6.45) is 2.47. The largest absolute Gasteiger partial charge is 0.379 e. The SMILES string of the molecule is C[C@@H]1CCCN(c2cc(N3Cc4ccccc4C3)nc(NC(=S)NCCN3CCOCC3)n2)C1. The van der Waals surface area contributed by atoms with Crippen molar-refractivity contribution < 1.29 is 4.74 Å². The molecule has 3 aliphatic heterocycles. The Hall–Kier alpha value is -2.49. The van der Waals surface area contributed by atoms with Gasteiger partial charge in [0, 0.05) is 58.4 Å². The van der Waals surface area contributed by atoms with Crippen molar-refractivity contribution >= 4 is 34.9 Å². The van der Waals surface area contributed by atoms with Crippen LogP contribution in [-0.2, 0) is 17.8 Å². The molecule has 0 spiro atoms. The van der Waals surface area contributed by atoms with Crippen molar-refractivity contribution in [3.63, 3.8) is 0 Å². The van der Waals surface area contributed by atoms with Crippen LogP contribution in [-0.4, -0.2) is 72.5 Å². The molecule has 8 nitrogen and oxygen atoms in total. The second-order valence-corrected chi connectivity index (χ2v) is 9.97. The quantitative estimate of drug-likeness (QED) is 0.606. The van der Waals surface area contributed by atoms with Crippen LogP contribution in [0.15, 0.2) is 30.3 Å². The van der Waals surface area contributed by atoms with E-state index in [1.165, 1.54) is 24.0 Å². The number of ether oxygens (including phenoxy) is 1. The smallest absolute Gasteiger partial charge is 0.232 e. The molecule has 4 heterocycles. The standard InChI is InChI=1S/C25H35N7OS/c1-19-5-4-9-31(16-19)22-15-23(32-17-20-6-2-3-7-21(20)18-32)28-24(27-22)29-25(34)26-8-10-30-11-13-33-14-12-30/h2-3,6-7,15,19H,4-5,8-14,16-18H2,1H3,(H2,26,27,28,29,34)/t19-/m1/s1. The van der Waals surface area contributed by atoms with Crippen LogP contribution < -0.4 is 20.4 Å². The van der Waals surface area contributed by atoms with Crippen LogP contribution in [0.3, 0.4) is 0 Å². The fourth-order valence-corrected chi connectivity index (χ4v) is 5.19. The molecular formula is C25H35N7OS. The summed E-state index contributed by atoms with van der Waals surface area (Å²) in [5.41, 5.74) is 2.73. The van der Waals surface area contributed by atoms with E-state index in [1.807, 2.05) is 0 Å². The van der Waals surface area contributed by atoms with Gasteiger partial charge in [0.05, 0.1) is 13.2 Å². The molecular weight excluding hydrogens is 446 g/mol. The summed E-state index contributed by atoms with van der Waals surface area (Å²) >= 11 is 5.58. The predicted octanol–water partition coefficient (Wildman–Crippen LogP) is 2.85. The zero-order valence-electron chi connectivity index (χ0n) is 20.0. The van der Waals surface area contributed by atoms with E-state index >= 15 is 0 Å². The average molecular weight is 482 g/mol. The fraction of sp³-hybridized carbons (Fsp3) is 0.560. The van der Waals surface area contributed by atoms with Gasteiger partial charge in [0.2, 0.25) is 5.95 Å². The van der Waals surface area contributed by atoms with E-state index in [0.717, 1.165) is 77.2 Å². The normalized spacial score (nSPS) is 20.8. The van der Waals surface area contributed by atoms with Gasteiger partial charge >= 0.3 is 0 Å². The number of benzene rings is 1. The first-order valence-corrected chi connectivity index (χ1v) is 12.9. The molecule has 1 aromatic heterocycles.